The van der Waals surface area contributed by atoms with Gasteiger partial charge in [-0.05, 0) is 37.1 Å². The topological polar surface area (TPSA) is 38.5 Å². The predicted molar refractivity (Wildman–Crippen MR) is 72.8 cm³/mol. The van der Waals surface area contributed by atoms with Gasteiger partial charge in [-0.2, -0.15) is 8.78 Å². The van der Waals surface area contributed by atoms with Crippen molar-refractivity contribution in [3.05, 3.63) is 29.8 Å². The zero-order valence-electron chi connectivity index (χ0n) is 10.6. The monoisotopic (exact) mass is 292 g/mol. The minimum absolute atomic E-state index is 0. The molecule has 1 aliphatic heterocycles. The van der Waals surface area contributed by atoms with Crippen LogP contribution in [0.25, 0.3) is 0 Å². The zero-order valence-corrected chi connectivity index (χ0v) is 11.4. The van der Waals surface area contributed by atoms with E-state index < -0.39 is 6.61 Å². The number of halogens is 3. The molecule has 19 heavy (non-hydrogen) atoms. The summed E-state index contributed by atoms with van der Waals surface area (Å²) in [4.78, 5) is 2.29. The zero-order chi connectivity index (χ0) is 13.0. The van der Waals surface area contributed by atoms with Crippen molar-refractivity contribution in [3.8, 4) is 5.75 Å². The van der Waals surface area contributed by atoms with Crippen LogP contribution < -0.4 is 10.5 Å². The number of piperidine rings is 1. The Balaban J connectivity index is 0.00000180. The quantitative estimate of drug-likeness (QED) is 0.927. The predicted octanol–water partition coefficient (Wildman–Crippen LogP) is 2.63. The first kappa shape index (κ1) is 16.1. The first-order valence-electron chi connectivity index (χ1n) is 6.15. The summed E-state index contributed by atoms with van der Waals surface area (Å²) in [5, 5.41) is 0. The van der Waals surface area contributed by atoms with Crippen LogP contribution in [0.2, 0.25) is 0 Å². The van der Waals surface area contributed by atoms with E-state index in [9.17, 15) is 8.78 Å². The summed E-state index contributed by atoms with van der Waals surface area (Å²) in [6, 6.07) is 7.03. The van der Waals surface area contributed by atoms with Crippen molar-refractivity contribution >= 4 is 12.4 Å². The van der Waals surface area contributed by atoms with Crippen molar-refractivity contribution in [2.75, 3.05) is 13.1 Å². The Morgan fingerprint density at radius 3 is 2.58 bits per heavy atom. The first-order chi connectivity index (χ1) is 8.63. The second kappa shape index (κ2) is 7.62. The number of hydrogen-bond acceptors (Lipinski definition) is 3. The van der Waals surface area contributed by atoms with Crippen LogP contribution in [0.5, 0.6) is 5.75 Å². The van der Waals surface area contributed by atoms with E-state index in [1.165, 1.54) is 0 Å². The summed E-state index contributed by atoms with van der Waals surface area (Å²) in [6.07, 6.45) is 2.20. The maximum absolute atomic E-state index is 12.0. The van der Waals surface area contributed by atoms with E-state index in [-0.39, 0.29) is 24.2 Å². The van der Waals surface area contributed by atoms with Crippen LogP contribution in [0, 0.1) is 0 Å². The number of nitrogens with zero attached hydrogens (tertiary/aromatic N) is 1. The van der Waals surface area contributed by atoms with Crippen molar-refractivity contribution in [1.29, 1.82) is 0 Å². The SMILES string of the molecule is Cl.NC1CCCN(Cc2ccc(OC(F)F)cc2)C1. The van der Waals surface area contributed by atoms with Gasteiger partial charge in [0.25, 0.3) is 0 Å². The second-order valence-electron chi connectivity index (χ2n) is 4.66. The summed E-state index contributed by atoms with van der Waals surface area (Å²) in [5.74, 6) is 0.198. The van der Waals surface area contributed by atoms with Gasteiger partial charge in [0.05, 0.1) is 0 Å². The molecular formula is C13H19ClF2N2O. The number of rotatable bonds is 4. The lowest BCUT2D eigenvalue weighted by Crippen LogP contribution is -2.42. The van der Waals surface area contributed by atoms with Crippen LogP contribution in [0.4, 0.5) is 8.78 Å². The number of nitrogens with two attached hydrogens (primary N) is 1. The number of hydrogen-bond donors (Lipinski definition) is 1. The van der Waals surface area contributed by atoms with Gasteiger partial charge in [0, 0.05) is 19.1 Å². The molecule has 1 saturated heterocycles. The molecule has 0 spiro atoms. The molecule has 0 aliphatic carbocycles. The van der Waals surface area contributed by atoms with Gasteiger partial charge in [-0.1, -0.05) is 12.1 Å². The summed E-state index contributed by atoms with van der Waals surface area (Å²) in [5.41, 5.74) is 7.00. The number of likely N-dealkylation sites (tertiary alicyclic amines) is 1. The van der Waals surface area contributed by atoms with E-state index in [1.807, 2.05) is 12.1 Å². The molecular weight excluding hydrogens is 274 g/mol. The Labute approximate surface area is 118 Å². The summed E-state index contributed by atoms with van der Waals surface area (Å²) in [7, 11) is 0. The molecule has 3 nitrogen and oxygen atoms in total. The van der Waals surface area contributed by atoms with Gasteiger partial charge in [-0.15, -0.1) is 12.4 Å². The average molecular weight is 293 g/mol. The highest BCUT2D eigenvalue weighted by Crippen LogP contribution is 2.17. The Morgan fingerprint density at radius 2 is 2.00 bits per heavy atom. The van der Waals surface area contributed by atoms with E-state index in [2.05, 4.69) is 9.64 Å². The molecule has 0 aromatic heterocycles. The van der Waals surface area contributed by atoms with E-state index >= 15 is 0 Å². The van der Waals surface area contributed by atoms with E-state index in [1.54, 1.807) is 12.1 Å². The van der Waals surface area contributed by atoms with Crippen molar-refractivity contribution in [2.24, 2.45) is 5.73 Å². The highest BCUT2D eigenvalue weighted by Gasteiger charge is 2.16. The normalized spacial score (nSPS) is 20.1. The number of ether oxygens (including phenoxy) is 1. The van der Waals surface area contributed by atoms with Crippen LogP contribution in [-0.2, 0) is 6.54 Å². The molecule has 1 fully saturated rings. The van der Waals surface area contributed by atoms with Crippen molar-refractivity contribution in [2.45, 2.75) is 32.0 Å². The maximum atomic E-state index is 12.0. The average Bonchev–Trinajstić information content (AvgIpc) is 2.31. The van der Waals surface area contributed by atoms with Crippen LogP contribution in [0.1, 0.15) is 18.4 Å². The molecule has 0 bridgehead atoms. The lowest BCUT2D eigenvalue weighted by atomic mass is 10.1. The molecule has 1 aromatic carbocycles. The Morgan fingerprint density at radius 1 is 1.32 bits per heavy atom. The van der Waals surface area contributed by atoms with Crippen LogP contribution >= 0.6 is 12.4 Å². The van der Waals surface area contributed by atoms with Gasteiger partial charge < -0.3 is 10.5 Å². The number of alkyl halides is 2. The molecule has 0 radical (unpaired) electrons. The standard InChI is InChI=1S/C13H18F2N2O.ClH/c14-13(15)18-12-5-3-10(4-6-12)8-17-7-1-2-11(16)9-17;/h3-6,11,13H,1-2,7-9,16H2;1H. The second-order valence-corrected chi connectivity index (χ2v) is 4.66. The third kappa shape index (κ3) is 5.30. The highest BCUT2D eigenvalue weighted by molar-refractivity contribution is 5.85. The van der Waals surface area contributed by atoms with Gasteiger partial charge in [-0.3, -0.25) is 4.90 Å². The van der Waals surface area contributed by atoms with Crippen LogP contribution in [0.3, 0.4) is 0 Å². The number of benzene rings is 1. The molecule has 1 aliphatic rings. The maximum Gasteiger partial charge on any atom is 0.387 e. The summed E-state index contributed by atoms with van der Waals surface area (Å²) in [6.45, 7) is -0.0167. The Hall–Kier alpha value is -0.910. The third-order valence-corrected chi connectivity index (χ3v) is 3.10. The van der Waals surface area contributed by atoms with Gasteiger partial charge in [0.15, 0.2) is 0 Å². The van der Waals surface area contributed by atoms with Gasteiger partial charge in [0.2, 0.25) is 0 Å². The molecule has 2 rings (SSSR count). The molecule has 0 amide bonds. The van der Waals surface area contributed by atoms with Crippen molar-refractivity contribution in [3.63, 3.8) is 0 Å². The van der Waals surface area contributed by atoms with Crippen LogP contribution in [0.15, 0.2) is 24.3 Å². The molecule has 108 valence electrons. The summed E-state index contributed by atoms with van der Waals surface area (Å²) >= 11 is 0. The minimum atomic E-state index is -2.77. The smallest absolute Gasteiger partial charge is 0.387 e. The van der Waals surface area contributed by atoms with Gasteiger partial charge in [0.1, 0.15) is 5.75 Å². The van der Waals surface area contributed by atoms with Crippen LogP contribution in [-0.4, -0.2) is 30.6 Å². The molecule has 1 aromatic rings. The lowest BCUT2D eigenvalue weighted by molar-refractivity contribution is -0.0498. The Kier molecular flexibility index (Phi) is 6.48. The van der Waals surface area contributed by atoms with Gasteiger partial charge in [-0.25, -0.2) is 0 Å². The molecule has 1 unspecified atom stereocenters. The fourth-order valence-corrected chi connectivity index (χ4v) is 2.27. The molecule has 1 atom stereocenters. The fourth-order valence-electron chi connectivity index (χ4n) is 2.27. The lowest BCUT2D eigenvalue weighted by Gasteiger charge is -2.30. The van der Waals surface area contributed by atoms with Crippen molar-refractivity contribution in [1.82, 2.24) is 4.90 Å². The highest BCUT2D eigenvalue weighted by atomic mass is 35.5. The first-order valence-corrected chi connectivity index (χ1v) is 6.15. The third-order valence-electron chi connectivity index (χ3n) is 3.10. The summed E-state index contributed by atoms with van der Waals surface area (Å²) < 4.78 is 28.3. The van der Waals surface area contributed by atoms with E-state index in [0.29, 0.717) is 0 Å². The molecule has 6 heteroatoms. The fraction of sp³-hybridized carbons (Fsp3) is 0.538. The van der Waals surface area contributed by atoms with Crippen molar-refractivity contribution < 1.29 is 13.5 Å². The minimum Gasteiger partial charge on any atom is -0.435 e. The molecule has 1 heterocycles. The van der Waals surface area contributed by atoms with Gasteiger partial charge >= 0.3 is 6.61 Å². The largest absolute Gasteiger partial charge is 0.435 e. The van der Waals surface area contributed by atoms with E-state index in [4.69, 9.17) is 5.73 Å². The van der Waals surface area contributed by atoms with E-state index in [0.717, 1.165) is 38.0 Å². The Bertz CT molecular complexity index is 375. The molecule has 2 N–H and O–H groups in total. The molecule has 0 saturated carbocycles.